The molecule has 5 atom stereocenters. The van der Waals surface area contributed by atoms with Crippen LogP contribution in [-0.2, 0) is 27.2 Å². The van der Waals surface area contributed by atoms with E-state index in [1.54, 1.807) is 17.5 Å². The summed E-state index contributed by atoms with van der Waals surface area (Å²) in [5, 5.41) is 30.1. The van der Waals surface area contributed by atoms with Crippen molar-refractivity contribution in [3.8, 4) is 0 Å². The molecule has 0 radical (unpaired) electrons. The Balaban J connectivity index is 1.81. The van der Waals surface area contributed by atoms with E-state index < -0.39 is 36.1 Å². The molecular weight excluding hydrogens is 627 g/mol. The molecule has 1 fully saturated rings. The number of carbonyl (C=O) groups excluding carboxylic acids is 3. The SMILES string of the molecule is CC(C)C[C@H](O)[C@H](O)[C@H](CC1CCCCC1)NC(=O)[C@H](Cc1cscn1)NC(=O)[C@@H](CC(=O)N(C)CCCN(C)C)Cc1ccccc1. The predicted octanol–water partition coefficient (Wildman–Crippen LogP) is 4.05. The van der Waals surface area contributed by atoms with Crippen LogP contribution < -0.4 is 10.6 Å². The maximum atomic E-state index is 14.1. The number of aromatic nitrogens is 1. The fraction of sp³-hybridized carbons (Fsp3) is 0.676. The standard InChI is InChI=1S/C37H59N5O5S/c1-26(2)19-33(43)35(45)31(21-28-15-10-7-11-16-28)39-37(47)32(23-30-24-48-25-38-30)40-36(46)29(20-27-13-8-6-9-14-27)22-34(44)42(5)18-12-17-41(3)4/h6,8-9,13-14,24-26,28-29,31-33,35,43,45H,7,10-12,15-23H2,1-5H3,(H,39,47)(H,40,46)/t29-,31+,32+,33+,35-/m1/s1. The van der Waals surface area contributed by atoms with E-state index in [9.17, 15) is 24.6 Å². The summed E-state index contributed by atoms with van der Waals surface area (Å²) in [6, 6.07) is 7.95. The second kappa shape index (κ2) is 20.6. The number of thiazole rings is 1. The van der Waals surface area contributed by atoms with Crippen molar-refractivity contribution in [1.82, 2.24) is 25.4 Å². The normalized spacial score (nSPS) is 17.0. The molecule has 1 aliphatic rings. The third-order valence-electron chi connectivity index (χ3n) is 9.33. The van der Waals surface area contributed by atoms with Crippen LogP contribution in [0, 0.1) is 17.8 Å². The molecular formula is C37H59N5O5S. The molecule has 3 amide bonds. The van der Waals surface area contributed by atoms with E-state index in [1.165, 1.54) is 17.8 Å². The smallest absolute Gasteiger partial charge is 0.243 e. The molecule has 10 nitrogen and oxygen atoms in total. The third kappa shape index (κ3) is 13.9. The molecule has 0 unspecified atom stereocenters. The van der Waals surface area contributed by atoms with Crippen LogP contribution in [0.25, 0.3) is 0 Å². The lowest BCUT2D eigenvalue weighted by atomic mass is 9.82. The zero-order valence-electron chi connectivity index (χ0n) is 29.6. The largest absolute Gasteiger partial charge is 0.390 e. The van der Waals surface area contributed by atoms with Gasteiger partial charge in [0.15, 0.2) is 0 Å². The van der Waals surface area contributed by atoms with Crippen LogP contribution in [0.5, 0.6) is 0 Å². The Bertz CT molecular complexity index is 1220. The maximum absolute atomic E-state index is 14.1. The first-order chi connectivity index (χ1) is 22.9. The molecule has 3 rings (SSSR count). The highest BCUT2D eigenvalue weighted by molar-refractivity contribution is 7.07. The number of amides is 3. The molecule has 1 saturated carbocycles. The molecule has 0 spiro atoms. The van der Waals surface area contributed by atoms with Crippen LogP contribution in [0.4, 0.5) is 0 Å². The molecule has 0 saturated heterocycles. The Kier molecular flexibility index (Phi) is 17.0. The van der Waals surface area contributed by atoms with E-state index in [2.05, 4.69) is 20.5 Å². The zero-order valence-corrected chi connectivity index (χ0v) is 30.5. The number of carbonyl (C=O) groups is 3. The third-order valence-corrected chi connectivity index (χ3v) is 9.97. The average molecular weight is 686 g/mol. The van der Waals surface area contributed by atoms with Crippen molar-refractivity contribution in [1.29, 1.82) is 0 Å². The van der Waals surface area contributed by atoms with E-state index in [0.29, 0.717) is 37.4 Å². The van der Waals surface area contributed by atoms with Crippen molar-refractivity contribution in [3.63, 3.8) is 0 Å². The van der Waals surface area contributed by atoms with Gasteiger partial charge in [-0.2, -0.15) is 0 Å². The fourth-order valence-corrected chi connectivity index (χ4v) is 7.13. The van der Waals surface area contributed by atoms with Crippen molar-refractivity contribution < 1.29 is 24.6 Å². The van der Waals surface area contributed by atoms with Gasteiger partial charge in [0, 0.05) is 31.8 Å². The van der Waals surface area contributed by atoms with Gasteiger partial charge in [0.25, 0.3) is 0 Å². The van der Waals surface area contributed by atoms with Gasteiger partial charge in [-0.05, 0) is 63.7 Å². The van der Waals surface area contributed by atoms with E-state index >= 15 is 0 Å². The molecule has 0 bridgehead atoms. The van der Waals surface area contributed by atoms with Crippen molar-refractivity contribution >= 4 is 29.1 Å². The van der Waals surface area contributed by atoms with Crippen LogP contribution >= 0.6 is 11.3 Å². The first-order valence-corrected chi connectivity index (χ1v) is 18.6. The number of rotatable bonds is 20. The summed E-state index contributed by atoms with van der Waals surface area (Å²) in [5.74, 6) is -1.12. The van der Waals surface area contributed by atoms with Crippen LogP contribution in [-0.4, -0.2) is 101 Å². The first kappa shape index (κ1) is 39.6. The lowest BCUT2D eigenvalue weighted by Gasteiger charge is -2.34. The van der Waals surface area contributed by atoms with Crippen LogP contribution in [0.3, 0.4) is 0 Å². The number of benzene rings is 1. The lowest BCUT2D eigenvalue weighted by Crippen LogP contribution is -2.56. The Morgan fingerprint density at radius 1 is 0.958 bits per heavy atom. The molecule has 2 aromatic rings. The second-order valence-electron chi connectivity index (χ2n) is 14.4. The first-order valence-electron chi connectivity index (χ1n) is 17.7. The molecule has 268 valence electrons. The number of nitrogens with zero attached hydrogens (tertiary/aromatic N) is 3. The Morgan fingerprint density at radius 2 is 1.67 bits per heavy atom. The van der Waals surface area contributed by atoms with Gasteiger partial charge in [0.05, 0.1) is 29.3 Å². The van der Waals surface area contributed by atoms with Gasteiger partial charge in [-0.1, -0.05) is 76.3 Å². The van der Waals surface area contributed by atoms with Crippen LogP contribution in [0.15, 0.2) is 41.2 Å². The van der Waals surface area contributed by atoms with Gasteiger partial charge in [-0.15, -0.1) is 11.3 Å². The van der Waals surface area contributed by atoms with E-state index in [0.717, 1.165) is 44.2 Å². The second-order valence-corrected chi connectivity index (χ2v) is 15.1. The van der Waals surface area contributed by atoms with Gasteiger partial charge in [-0.3, -0.25) is 14.4 Å². The molecule has 1 aromatic heterocycles. The highest BCUT2D eigenvalue weighted by Crippen LogP contribution is 2.29. The minimum atomic E-state index is -1.14. The lowest BCUT2D eigenvalue weighted by molar-refractivity contribution is -0.137. The monoisotopic (exact) mass is 685 g/mol. The minimum absolute atomic E-state index is 0.00858. The Morgan fingerprint density at radius 3 is 2.29 bits per heavy atom. The molecule has 0 aliphatic heterocycles. The number of aliphatic hydroxyl groups excluding tert-OH is 2. The summed E-state index contributed by atoms with van der Waals surface area (Å²) in [6.45, 7) is 5.41. The van der Waals surface area contributed by atoms with E-state index in [1.807, 2.05) is 63.7 Å². The molecule has 1 aromatic carbocycles. The molecule has 1 heterocycles. The quantitative estimate of drug-likeness (QED) is 0.165. The number of nitrogens with one attached hydrogen (secondary N) is 2. The molecule has 48 heavy (non-hydrogen) atoms. The summed E-state index contributed by atoms with van der Waals surface area (Å²) in [7, 11) is 5.75. The van der Waals surface area contributed by atoms with E-state index in [4.69, 9.17) is 0 Å². The van der Waals surface area contributed by atoms with Crippen LogP contribution in [0.1, 0.15) is 82.9 Å². The van der Waals surface area contributed by atoms with Crippen molar-refractivity contribution in [2.75, 3.05) is 34.2 Å². The number of hydrogen-bond acceptors (Lipinski definition) is 8. The summed E-state index contributed by atoms with van der Waals surface area (Å²) >= 11 is 1.41. The van der Waals surface area contributed by atoms with Crippen LogP contribution in [0.2, 0.25) is 0 Å². The minimum Gasteiger partial charge on any atom is -0.390 e. The summed E-state index contributed by atoms with van der Waals surface area (Å²) < 4.78 is 0. The highest BCUT2D eigenvalue weighted by atomic mass is 32.1. The predicted molar refractivity (Wildman–Crippen MR) is 191 cm³/mol. The molecule has 11 heteroatoms. The fourth-order valence-electron chi connectivity index (χ4n) is 6.56. The average Bonchev–Trinajstić information content (AvgIpc) is 3.57. The van der Waals surface area contributed by atoms with E-state index in [-0.39, 0.29) is 30.6 Å². The van der Waals surface area contributed by atoms with Gasteiger partial charge < -0.3 is 30.6 Å². The van der Waals surface area contributed by atoms with Gasteiger partial charge in [-0.25, -0.2) is 4.98 Å². The maximum Gasteiger partial charge on any atom is 0.243 e. The van der Waals surface area contributed by atoms with Crippen molar-refractivity contribution in [2.24, 2.45) is 17.8 Å². The van der Waals surface area contributed by atoms with Gasteiger partial charge in [0.1, 0.15) is 12.1 Å². The summed E-state index contributed by atoms with van der Waals surface area (Å²) in [4.78, 5) is 49.6. The summed E-state index contributed by atoms with van der Waals surface area (Å²) in [6.07, 6.45) is 5.66. The Labute approximate surface area is 291 Å². The van der Waals surface area contributed by atoms with Gasteiger partial charge >= 0.3 is 0 Å². The Hall–Kier alpha value is -2.86. The number of aliphatic hydroxyl groups is 2. The number of hydrogen-bond donors (Lipinski definition) is 4. The van der Waals surface area contributed by atoms with Crippen molar-refractivity contribution in [3.05, 3.63) is 52.5 Å². The zero-order chi connectivity index (χ0) is 35.1. The molecule has 1 aliphatic carbocycles. The topological polar surface area (TPSA) is 135 Å². The van der Waals surface area contributed by atoms with Crippen molar-refractivity contribution in [2.45, 2.75) is 109 Å². The summed E-state index contributed by atoms with van der Waals surface area (Å²) in [5.41, 5.74) is 3.28. The van der Waals surface area contributed by atoms with Gasteiger partial charge in [0.2, 0.25) is 17.7 Å². The molecule has 4 N–H and O–H groups in total. The highest BCUT2D eigenvalue weighted by Gasteiger charge is 2.34.